The van der Waals surface area contributed by atoms with Crippen molar-refractivity contribution in [3.63, 3.8) is 0 Å². The van der Waals surface area contributed by atoms with Crippen LogP contribution >= 0.6 is 0 Å². The second-order valence-electron chi connectivity index (χ2n) is 5.40. The molecule has 0 unspecified atom stereocenters. The molecule has 106 valence electrons. The number of aryl methyl sites for hydroxylation is 3. The van der Waals surface area contributed by atoms with E-state index in [-0.39, 0.29) is 6.04 Å². The Kier molecular flexibility index (Phi) is 3.99. The molecule has 0 radical (unpaired) electrons. The van der Waals surface area contributed by atoms with Crippen molar-refractivity contribution in [2.45, 2.75) is 38.6 Å². The SMILES string of the molecule is Cc1cc(C)c(S(=O)(=O)N2CCNC[C@H]2C)c(C)c1. The zero-order valence-corrected chi connectivity index (χ0v) is 12.8. The topological polar surface area (TPSA) is 49.4 Å². The van der Waals surface area contributed by atoms with Crippen molar-refractivity contribution in [2.24, 2.45) is 0 Å². The molecule has 1 aliphatic heterocycles. The van der Waals surface area contributed by atoms with Crippen LogP contribution in [-0.4, -0.2) is 38.4 Å². The molecule has 0 aliphatic carbocycles. The van der Waals surface area contributed by atoms with Gasteiger partial charge in [0.1, 0.15) is 0 Å². The highest BCUT2D eigenvalue weighted by Gasteiger charge is 2.32. The van der Waals surface area contributed by atoms with E-state index < -0.39 is 10.0 Å². The average Bonchev–Trinajstić information content (AvgIpc) is 2.27. The second-order valence-corrected chi connectivity index (χ2v) is 7.22. The van der Waals surface area contributed by atoms with Gasteiger partial charge in [-0.2, -0.15) is 4.31 Å². The molecular weight excluding hydrogens is 260 g/mol. The van der Waals surface area contributed by atoms with Gasteiger partial charge in [0.15, 0.2) is 0 Å². The first kappa shape index (κ1) is 14.5. The van der Waals surface area contributed by atoms with Gasteiger partial charge in [-0.05, 0) is 38.8 Å². The summed E-state index contributed by atoms with van der Waals surface area (Å²) < 4.78 is 27.3. The Balaban J connectivity index is 2.50. The van der Waals surface area contributed by atoms with Crippen molar-refractivity contribution in [1.29, 1.82) is 0 Å². The van der Waals surface area contributed by atoms with E-state index >= 15 is 0 Å². The van der Waals surface area contributed by atoms with Gasteiger partial charge in [0.25, 0.3) is 0 Å². The first-order valence-corrected chi connectivity index (χ1v) is 8.08. The molecule has 1 aromatic rings. The molecule has 0 spiro atoms. The molecule has 1 aliphatic rings. The lowest BCUT2D eigenvalue weighted by Crippen LogP contribution is -2.52. The summed E-state index contributed by atoms with van der Waals surface area (Å²) in [5.41, 5.74) is 2.77. The fourth-order valence-corrected chi connectivity index (χ4v) is 4.92. The summed E-state index contributed by atoms with van der Waals surface area (Å²) in [5, 5.41) is 3.22. The predicted octanol–water partition coefficient (Wildman–Crippen LogP) is 1.59. The number of hydrogen-bond acceptors (Lipinski definition) is 3. The first-order chi connectivity index (χ1) is 8.84. The summed E-state index contributed by atoms with van der Waals surface area (Å²) in [6, 6.07) is 3.87. The Hall–Kier alpha value is -0.910. The molecule has 5 heteroatoms. The van der Waals surface area contributed by atoms with E-state index in [1.807, 2.05) is 39.8 Å². The van der Waals surface area contributed by atoms with E-state index in [9.17, 15) is 8.42 Å². The number of piperazine rings is 1. The van der Waals surface area contributed by atoms with E-state index in [1.165, 1.54) is 0 Å². The van der Waals surface area contributed by atoms with Gasteiger partial charge in [-0.25, -0.2) is 8.42 Å². The molecule has 0 aromatic heterocycles. The van der Waals surface area contributed by atoms with Crippen molar-refractivity contribution in [2.75, 3.05) is 19.6 Å². The maximum absolute atomic E-state index is 12.8. The molecule has 1 saturated heterocycles. The lowest BCUT2D eigenvalue weighted by atomic mass is 10.1. The lowest BCUT2D eigenvalue weighted by Gasteiger charge is -2.33. The zero-order valence-electron chi connectivity index (χ0n) is 12.0. The number of nitrogens with zero attached hydrogens (tertiary/aromatic N) is 1. The summed E-state index contributed by atoms with van der Waals surface area (Å²) in [5.74, 6) is 0. The van der Waals surface area contributed by atoms with Gasteiger partial charge >= 0.3 is 0 Å². The van der Waals surface area contributed by atoms with Gasteiger partial charge in [0.05, 0.1) is 4.90 Å². The van der Waals surface area contributed by atoms with Crippen molar-refractivity contribution in [3.05, 3.63) is 28.8 Å². The van der Waals surface area contributed by atoms with Gasteiger partial charge in [-0.1, -0.05) is 17.7 Å². The molecule has 1 atom stereocenters. The maximum atomic E-state index is 12.8. The third-order valence-electron chi connectivity index (χ3n) is 3.61. The van der Waals surface area contributed by atoms with Gasteiger partial charge in [0, 0.05) is 25.7 Å². The summed E-state index contributed by atoms with van der Waals surface area (Å²) >= 11 is 0. The highest BCUT2D eigenvalue weighted by molar-refractivity contribution is 7.89. The van der Waals surface area contributed by atoms with Crippen LogP contribution in [-0.2, 0) is 10.0 Å². The Morgan fingerprint density at radius 2 is 1.79 bits per heavy atom. The molecule has 0 amide bonds. The minimum Gasteiger partial charge on any atom is -0.314 e. The van der Waals surface area contributed by atoms with Gasteiger partial charge in [-0.15, -0.1) is 0 Å². The molecule has 2 rings (SSSR count). The van der Waals surface area contributed by atoms with Crippen molar-refractivity contribution in [1.82, 2.24) is 9.62 Å². The van der Waals surface area contributed by atoms with Crippen LogP contribution in [0.15, 0.2) is 17.0 Å². The van der Waals surface area contributed by atoms with Crippen LogP contribution in [0.25, 0.3) is 0 Å². The third-order valence-corrected chi connectivity index (χ3v) is 5.93. The van der Waals surface area contributed by atoms with E-state index in [2.05, 4.69) is 5.32 Å². The number of rotatable bonds is 2. The van der Waals surface area contributed by atoms with Crippen LogP contribution in [0.2, 0.25) is 0 Å². The summed E-state index contributed by atoms with van der Waals surface area (Å²) in [6.45, 7) is 9.65. The Morgan fingerprint density at radius 3 is 2.32 bits per heavy atom. The Labute approximate surface area is 115 Å². The van der Waals surface area contributed by atoms with Gasteiger partial charge < -0.3 is 5.32 Å². The quantitative estimate of drug-likeness (QED) is 0.896. The molecule has 1 aromatic carbocycles. The fraction of sp³-hybridized carbons (Fsp3) is 0.571. The van der Waals surface area contributed by atoms with Gasteiger partial charge in [0.2, 0.25) is 10.0 Å². The molecule has 0 saturated carbocycles. The number of hydrogen-bond donors (Lipinski definition) is 1. The minimum atomic E-state index is -3.40. The number of benzene rings is 1. The standard InChI is InChI=1S/C14H22N2O2S/c1-10-7-11(2)14(12(3)8-10)19(17,18)16-6-5-15-9-13(16)4/h7-8,13,15H,5-6,9H2,1-4H3/t13-/m1/s1. The summed E-state index contributed by atoms with van der Waals surface area (Å²) in [4.78, 5) is 0.479. The van der Waals surface area contributed by atoms with Crippen LogP contribution in [0.5, 0.6) is 0 Å². The number of sulfonamides is 1. The first-order valence-electron chi connectivity index (χ1n) is 6.64. The third kappa shape index (κ3) is 2.68. The minimum absolute atomic E-state index is 0.00106. The monoisotopic (exact) mass is 282 g/mol. The van der Waals surface area contributed by atoms with Crippen LogP contribution in [0.4, 0.5) is 0 Å². The van der Waals surface area contributed by atoms with E-state index in [4.69, 9.17) is 0 Å². The second kappa shape index (κ2) is 5.23. The van der Waals surface area contributed by atoms with Crippen molar-refractivity contribution >= 4 is 10.0 Å². The molecule has 1 heterocycles. The van der Waals surface area contributed by atoms with Crippen LogP contribution in [0, 0.1) is 20.8 Å². The molecule has 1 N–H and O–H groups in total. The van der Waals surface area contributed by atoms with E-state index in [0.29, 0.717) is 24.5 Å². The predicted molar refractivity (Wildman–Crippen MR) is 76.9 cm³/mol. The summed E-state index contributed by atoms with van der Waals surface area (Å²) in [6.07, 6.45) is 0. The molecule has 4 nitrogen and oxygen atoms in total. The smallest absolute Gasteiger partial charge is 0.243 e. The average molecular weight is 282 g/mol. The largest absolute Gasteiger partial charge is 0.314 e. The number of nitrogens with one attached hydrogen (secondary N) is 1. The van der Waals surface area contributed by atoms with Crippen LogP contribution in [0.3, 0.4) is 0 Å². The maximum Gasteiger partial charge on any atom is 0.243 e. The lowest BCUT2D eigenvalue weighted by molar-refractivity contribution is 0.283. The summed E-state index contributed by atoms with van der Waals surface area (Å²) in [7, 11) is -3.40. The molecule has 1 fully saturated rings. The van der Waals surface area contributed by atoms with Crippen molar-refractivity contribution in [3.8, 4) is 0 Å². The van der Waals surface area contributed by atoms with Crippen LogP contribution in [0.1, 0.15) is 23.6 Å². The van der Waals surface area contributed by atoms with Gasteiger partial charge in [-0.3, -0.25) is 0 Å². The highest BCUT2D eigenvalue weighted by Crippen LogP contribution is 2.26. The van der Waals surface area contributed by atoms with E-state index in [1.54, 1.807) is 4.31 Å². The fourth-order valence-electron chi connectivity index (χ4n) is 2.87. The molecule has 0 bridgehead atoms. The van der Waals surface area contributed by atoms with Crippen LogP contribution < -0.4 is 5.32 Å². The highest BCUT2D eigenvalue weighted by atomic mass is 32.2. The zero-order chi connectivity index (χ0) is 14.2. The molecule has 19 heavy (non-hydrogen) atoms. The van der Waals surface area contributed by atoms with E-state index in [0.717, 1.165) is 16.7 Å². The molecular formula is C14H22N2O2S. The Bertz CT molecular complexity index is 558. The normalized spacial score (nSPS) is 21.6. The van der Waals surface area contributed by atoms with Crippen molar-refractivity contribution < 1.29 is 8.42 Å². The Morgan fingerprint density at radius 1 is 1.21 bits per heavy atom.